The number of carbonyl (C=O) groups is 1. The van der Waals surface area contributed by atoms with Gasteiger partial charge in [-0.15, -0.1) is 0 Å². The predicted octanol–water partition coefficient (Wildman–Crippen LogP) is 5.13. The summed E-state index contributed by atoms with van der Waals surface area (Å²) in [5.41, 5.74) is 1.84. The summed E-state index contributed by atoms with van der Waals surface area (Å²) in [7, 11) is -1.80. The number of hydrogen-bond acceptors (Lipinski definition) is 6. The standard InChI is InChI=1S/C27H29ClFN3O4S/c1-3-37(34,35)22-11-9-18(10-12-22)24(17-36-2)31-27(33)20-15-23(28)26(30-16-20)32-13-5-8-25(32)19-6-4-7-21(29)14-19/h4,6-7,9-12,14-16,24-25H,3,5,8,13,17H2,1-2H3,(H,31,33)/t24-,25?/m0/s1. The van der Waals surface area contributed by atoms with Crippen molar-refractivity contribution in [3.63, 3.8) is 0 Å². The molecule has 0 radical (unpaired) electrons. The van der Waals surface area contributed by atoms with E-state index < -0.39 is 21.8 Å². The van der Waals surface area contributed by atoms with Gasteiger partial charge in [-0.25, -0.2) is 17.8 Å². The number of aromatic nitrogens is 1. The zero-order valence-corrected chi connectivity index (χ0v) is 22.2. The summed E-state index contributed by atoms with van der Waals surface area (Å²) in [5.74, 6) is -0.125. The van der Waals surface area contributed by atoms with Gasteiger partial charge in [-0.05, 0) is 54.3 Å². The van der Waals surface area contributed by atoms with Gasteiger partial charge in [-0.1, -0.05) is 42.8 Å². The number of sulfone groups is 1. The van der Waals surface area contributed by atoms with Crippen LogP contribution in [0.25, 0.3) is 0 Å². The minimum absolute atomic E-state index is 0.00868. The Morgan fingerprint density at radius 1 is 1.24 bits per heavy atom. The number of hydrogen-bond donors (Lipinski definition) is 1. The van der Waals surface area contributed by atoms with Crippen LogP contribution in [0.4, 0.5) is 10.2 Å². The van der Waals surface area contributed by atoms with Crippen molar-refractivity contribution in [2.75, 3.05) is 30.9 Å². The number of ether oxygens (including phenoxy) is 1. The summed E-state index contributed by atoms with van der Waals surface area (Å²) in [5, 5.41) is 3.24. The second-order valence-corrected chi connectivity index (χ2v) is 11.6. The highest BCUT2D eigenvalue weighted by Gasteiger charge is 2.29. The molecule has 1 aliphatic heterocycles. The van der Waals surface area contributed by atoms with Gasteiger partial charge in [-0.3, -0.25) is 4.79 Å². The Labute approximate surface area is 221 Å². The van der Waals surface area contributed by atoms with Crippen molar-refractivity contribution in [3.05, 3.63) is 88.3 Å². The molecule has 1 fully saturated rings. The van der Waals surface area contributed by atoms with Gasteiger partial charge in [0.2, 0.25) is 0 Å². The lowest BCUT2D eigenvalue weighted by molar-refractivity contribution is 0.0896. The Balaban J connectivity index is 1.52. The van der Waals surface area contributed by atoms with Crippen molar-refractivity contribution < 1.29 is 22.3 Å². The molecular formula is C27H29ClFN3O4S. The molecule has 1 saturated heterocycles. The van der Waals surface area contributed by atoms with Gasteiger partial charge < -0.3 is 15.0 Å². The van der Waals surface area contributed by atoms with E-state index in [1.807, 2.05) is 11.0 Å². The first-order valence-electron chi connectivity index (χ1n) is 12.0. The van der Waals surface area contributed by atoms with Gasteiger partial charge in [0.1, 0.15) is 11.6 Å². The third-order valence-corrected chi connectivity index (χ3v) is 8.53. The van der Waals surface area contributed by atoms with E-state index in [4.69, 9.17) is 16.3 Å². The van der Waals surface area contributed by atoms with Gasteiger partial charge in [0.15, 0.2) is 9.84 Å². The molecule has 0 spiro atoms. The van der Waals surface area contributed by atoms with E-state index in [9.17, 15) is 17.6 Å². The third-order valence-electron chi connectivity index (χ3n) is 6.50. The second kappa shape index (κ2) is 11.6. The van der Waals surface area contributed by atoms with Gasteiger partial charge >= 0.3 is 0 Å². The average Bonchev–Trinajstić information content (AvgIpc) is 3.38. The van der Waals surface area contributed by atoms with Gasteiger partial charge in [-0.2, -0.15) is 0 Å². The van der Waals surface area contributed by atoms with E-state index in [0.29, 0.717) is 16.4 Å². The Morgan fingerprint density at radius 2 is 2.00 bits per heavy atom. The molecule has 1 unspecified atom stereocenters. The number of nitrogens with one attached hydrogen (secondary N) is 1. The van der Waals surface area contributed by atoms with Crippen LogP contribution in [0.3, 0.4) is 0 Å². The van der Waals surface area contributed by atoms with Crippen molar-refractivity contribution in [2.45, 2.75) is 36.7 Å². The molecule has 2 heterocycles. The van der Waals surface area contributed by atoms with Crippen LogP contribution < -0.4 is 10.2 Å². The van der Waals surface area contributed by atoms with Crippen molar-refractivity contribution in [1.82, 2.24) is 10.3 Å². The first-order valence-corrected chi connectivity index (χ1v) is 14.1. The minimum Gasteiger partial charge on any atom is -0.382 e. The summed E-state index contributed by atoms with van der Waals surface area (Å²) < 4.78 is 43.3. The molecule has 7 nitrogen and oxygen atoms in total. The molecule has 2 atom stereocenters. The van der Waals surface area contributed by atoms with Crippen LogP contribution in [0.1, 0.15) is 53.3 Å². The number of rotatable bonds is 9. The number of amides is 1. The molecule has 4 rings (SSSR count). The number of methoxy groups -OCH3 is 1. The predicted molar refractivity (Wildman–Crippen MR) is 141 cm³/mol. The maximum absolute atomic E-state index is 13.8. The van der Waals surface area contributed by atoms with Crippen LogP contribution in [0.15, 0.2) is 65.7 Å². The summed E-state index contributed by atoms with van der Waals surface area (Å²) in [4.78, 5) is 19.8. The molecule has 196 valence electrons. The number of nitrogens with zero attached hydrogens (tertiary/aromatic N) is 2. The molecule has 10 heteroatoms. The SMILES string of the molecule is CCS(=O)(=O)c1ccc([C@H](COC)NC(=O)c2cnc(N3CCCC3c3cccc(F)c3)c(Cl)c2)cc1. The highest BCUT2D eigenvalue weighted by molar-refractivity contribution is 7.91. The fourth-order valence-electron chi connectivity index (χ4n) is 4.55. The summed E-state index contributed by atoms with van der Waals surface area (Å²) in [6.45, 7) is 2.50. The number of benzene rings is 2. The highest BCUT2D eigenvalue weighted by atomic mass is 35.5. The molecule has 0 saturated carbocycles. The zero-order chi connectivity index (χ0) is 26.6. The molecule has 2 aromatic carbocycles. The molecule has 1 aromatic heterocycles. The molecule has 0 bridgehead atoms. The Kier molecular flexibility index (Phi) is 8.46. The van der Waals surface area contributed by atoms with Crippen LogP contribution >= 0.6 is 11.6 Å². The van der Waals surface area contributed by atoms with Crippen LogP contribution in [0.5, 0.6) is 0 Å². The smallest absolute Gasteiger partial charge is 0.253 e. The van der Waals surface area contributed by atoms with Crippen molar-refractivity contribution in [3.8, 4) is 0 Å². The summed E-state index contributed by atoms with van der Waals surface area (Å²) >= 11 is 6.59. The lowest BCUT2D eigenvalue weighted by Crippen LogP contribution is -2.31. The van der Waals surface area contributed by atoms with Crippen LogP contribution in [-0.4, -0.2) is 45.3 Å². The van der Waals surface area contributed by atoms with E-state index in [-0.39, 0.29) is 34.7 Å². The monoisotopic (exact) mass is 545 g/mol. The zero-order valence-electron chi connectivity index (χ0n) is 20.7. The minimum atomic E-state index is -3.32. The highest BCUT2D eigenvalue weighted by Crippen LogP contribution is 2.38. The molecule has 3 aromatic rings. The van der Waals surface area contributed by atoms with Gasteiger partial charge in [0, 0.05) is 19.9 Å². The first-order chi connectivity index (χ1) is 17.7. The Morgan fingerprint density at radius 3 is 2.65 bits per heavy atom. The average molecular weight is 546 g/mol. The maximum atomic E-state index is 13.8. The maximum Gasteiger partial charge on any atom is 0.253 e. The van der Waals surface area contributed by atoms with E-state index in [2.05, 4.69) is 10.3 Å². The Hall–Kier alpha value is -3.01. The molecule has 1 amide bonds. The quantitative estimate of drug-likeness (QED) is 0.401. The second-order valence-electron chi connectivity index (χ2n) is 8.89. The van der Waals surface area contributed by atoms with Crippen LogP contribution in [0.2, 0.25) is 5.02 Å². The molecular weight excluding hydrogens is 517 g/mol. The molecule has 37 heavy (non-hydrogen) atoms. The number of carbonyl (C=O) groups excluding carboxylic acids is 1. The first kappa shape index (κ1) is 27.0. The molecule has 0 aliphatic carbocycles. The molecule has 1 aliphatic rings. The molecule has 1 N–H and O–H groups in total. The van der Waals surface area contributed by atoms with Gasteiger partial charge in [0.25, 0.3) is 5.91 Å². The van der Waals surface area contributed by atoms with E-state index in [1.165, 1.54) is 37.6 Å². The van der Waals surface area contributed by atoms with Crippen molar-refractivity contribution >= 4 is 33.2 Å². The van der Waals surface area contributed by atoms with E-state index >= 15 is 0 Å². The number of anilines is 1. The van der Waals surface area contributed by atoms with E-state index in [0.717, 1.165) is 24.9 Å². The third kappa shape index (κ3) is 6.11. The van der Waals surface area contributed by atoms with Crippen LogP contribution in [0, 0.1) is 5.82 Å². The number of halogens is 2. The van der Waals surface area contributed by atoms with E-state index in [1.54, 1.807) is 31.2 Å². The van der Waals surface area contributed by atoms with Gasteiger partial charge in [0.05, 0.1) is 39.9 Å². The fraction of sp³-hybridized carbons (Fsp3) is 0.333. The summed E-state index contributed by atoms with van der Waals surface area (Å²) in [6.07, 6.45) is 3.23. The fourth-order valence-corrected chi connectivity index (χ4v) is 5.71. The largest absolute Gasteiger partial charge is 0.382 e. The lowest BCUT2D eigenvalue weighted by atomic mass is 10.0. The van der Waals surface area contributed by atoms with Crippen LogP contribution in [-0.2, 0) is 14.6 Å². The van der Waals surface area contributed by atoms with Crippen molar-refractivity contribution in [1.29, 1.82) is 0 Å². The topological polar surface area (TPSA) is 88.6 Å². The normalized spacial score (nSPS) is 16.5. The number of pyridine rings is 1. The summed E-state index contributed by atoms with van der Waals surface area (Å²) in [6, 6.07) is 13.9. The van der Waals surface area contributed by atoms with Crippen molar-refractivity contribution in [2.24, 2.45) is 0 Å². The lowest BCUT2D eigenvalue weighted by Gasteiger charge is -2.27. The Bertz CT molecular complexity index is 1370.